The molecule has 5 rings (SSSR count). The topological polar surface area (TPSA) is 272 Å². The Kier molecular flexibility index (Phi) is 10.7. The molecule has 1 atom stereocenters. The molecule has 9 amide bonds. The molecule has 0 aliphatic carbocycles. The van der Waals surface area contributed by atoms with E-state index in [4.69, 9.17) is 20.3 Å². The number of β-lactam (4-membered cyclic amide) rings is 1. The van der Waals surface area contributed by atoms with Crippen LogP contribution in [-0.2, 0) is 34.8 Å². The van der Waals surface area contributed by atoms with Gasteiger partial charge in [-0.3, -0.25) is 19.9 Å². The summed E-state index contributed by atoms with van der Waals surface area (Å²) in [6.07, 6.45) is -1.51. The van der Waals surface area contributed by atoms with Crippen molar-refractivity contribution in [3.63, 3.8) is 0 Å². The van der Waals surface area contributed by atoms with Crippen LogP contribution in [0.3, 0.4) is 0 Å². The lowest BCUT2D eigenvalue weighted by Gasteiger charge is -2.36. The molecule has 2 aliphatic heterocycles. The quantitative estimate of drug-likeness (QED) is 0.129. The average Bonchev–Trinajstić information content (AvgIpc) is 3.47. The number of rotatable bonds is 13. The SMILES string of the molecule is NC(=O)NCc1nc(C(=O)NN2CCN(S(=O)(=O)NC(=O)N3CC(NC(=O)O)C3=O)C2=O)cc(OCc2ccccc2)c1OCc1ccccc1. The number of nitrogens with one attached hydrogen (secondary N) is 4. The number of hydrogen-bond donors (Lipinski definition) is 6. The molecule has 2 fully saturated rings. The monoisotopic (exact) mass is 725 g/mol. The molecule has 7 N–H and O–H groups in total. The molecule has 0 spiro atoms. The van der Waals surface area contributed by atoms with Crippen LogP contribution in [0.2, 0.25) is 0 Å². The number of amides is 9. The van der Waals surface area contributed by atoms with Gasteiger partial charge in [-0.25, -0.2) is 38.2 Å². The van der Waals surface area contributed by atoms with Gasteiger partial charge < -0.3 is 30.9 Å². The molecule has 3 heterocycles. The summed E-state index contributed by atoms with van der Waals surface area (Å²) in [5.41, 5.74) is 8.86. The van der Waals surface area contributed by atoms with Crippen LogP contribution in [0, 0.1) is 0 Å². The third-order valence-corrected chi connectivity index (χ3v) is 8.67. The Balaban J connectivity index is 1.33. The molecule has 268 valence electrons. The predicted octanol–water partition coefficient (Wildman–Crippen LogP) is 0.223. The van der Waals surface area contributed by atoms with Crippen molar-refractivity contribution >= 4 is 46.2 Å². The number of likely N-dealkylation sites (tertiary alicyclic amines) is 1. The van der Waals surface area contributed by atoms with Crippen LogP contribution >= 0.6 is 0 Å². The Labute approximate surface area is 289 Å². The first-order valence-corrected chi connectivity index (χ1v) is 16.4. The maximum absolute atomic E-state index is 13.5. The molecule has 1 aromatic heterocycles. The van der Waals surface area contributed by atoms with Gasteiger partial charge in [0.15, 0.2) is 11.5 Å². The molecule has 0 bridgehead atoms. The molecule has 1 unspecified atom stereocenters. The summed E-state index contributed by atoms with van der Waals surface area (Å²) in [5.74, 6) is -1.82. The third-order valence-electron chi connectivity index (χ3n) is 7.32. The minimum atomic E-state index is -4.87. The van der Waals surface area contributed by atoms with Crippen LogP contribution in [0.1, 0.15) is 27.3 Å². The summed E-state index contributed by atoms with van der Waals surface area (Å²) >= 11 is 0. The summed E-state index contributed by atoms with van der Waals surface area (Å²) < 4.78 is 39.7. The van der Waals surface area contributed by atoms with E-state index in [1.54, 1.807) is 16.9 Å². The third kappa shape index (κ3) is 8.70. The molecule has 51 heavy (non-hydrogen) atoms. The molecular formula is C30H31N9O11S. The first-order valence-electron chi connectivity index (χ1n) is 15.0. The first-order chi connectivity index (χ1) is 24.3. The van der Waals surface area contributed by atoms with E-state index >= 15 is 0 Å². The number of pyridine rings is 1. The number of imide groups is 1. The lowest BCUT2D eigenvalue weighted by atomic mass is 10.1. The molecule has 2 saturated heterocycles. The van der Waals surface area contributed by atoms with E-state index in [1.165, 1.54) is 6.07 Å². The Bertz CT molecular complexity index is 1950. The van der Waals surface area contributed by atoms with Crippen molar-refractivity contribution in [1.29, 1.82) is 0 Å². The number of nitrogens with zero attached hydrogens (tertiary/aromatic N) is 4. The van der Waals surface area contributed by atoms with Crippen molar-refractivity contribution in [1.82, 2.24) is 40.0 Å². The van der Waals surface area contributed by atoms with Gasteiger partial charge in [-0.1, -0.05) is 60.7 Å². The molecule has 20 nitrogen and oxygen atoms in total. The summed E-state index contributed by atoms with van der Waals surface area (Å²) in [5, 5.41) is 13.7. The van der Waals surface area contributed by atoms with E-state index in [0.29, 0.717) is 9.91 Å². The molecule has 0 saturated carbocycles. The van der Waals surface area contributed by atoms with Gasteiger partial charge in [0.1, 0.15) is 30.6 Å². The van der Waals surface area contributed by atoms with E-state index in [9.17, 15) is 37.2 Å². The fraction of sp³-hybridized carbons (Fsp3) is 0.233. The number of carbonyl (C=O) groups excluding carboxylic acids is 5. The van der Waals surface area contributed by atoms with Crippen LogP contribution < -0.4 is 36.0 Å². The van der Waals surface area contributed by atoms with Crippen molar-refractivity contribution < 1.29 is 51.8 Å². The number of primary amides is 1. The van der Waals surface area contributed by atoms with Crippen molar-refractivity contribution in [2.75, 3.05) is 19.6 Å². The highest BCUT2D eigenvalue weighted by atomic mass is 32.2. The second-order valence-electron chi connectivity index (χ2n) is 10.9. The zero-order valence-electron chi connectivity index (χ0n) is 26.5. The first kappa shape index (κ1) is 35.7. The van der Waals surface area contributed by atoms with Gasteiger partial charge in [-0.15, -0.1) is 0 Å². The van der Waals surface area contributed by atoms with Gasteiger partial charge in [0, 0.05) is 6.07 Å². The van der Waals surface area contributed by atoms with Crippen molar-refractivity contribution in [2.24, 2.45) is 5.73 Å². The molecule has 2 aliphatic rings. The molecule has 3 aromatic rings. The highest BCUT2D eigenvalue weighted by molar-refractivity contribution is 7.88. The van der Waals surface area contributed by atoms with Gasteiger partial charge in [-0.2, -0.15) is 8.42 Å². The molecule has 0 radical (unpaired) electrons. The second-order valence-corrected chi connectivity index (χ2v) is 12.5. The van der Waals surface area contributed by atoms with Gasteiger partial charge in [0.05, 0.1) is 26.2 Å². The van der Waals surface area contributed by atoms with Crippen LogP contribution in [0.25, 0.3) is 0 Å². The number of carbonyl (C=O) groups is 6. The molecular weight excluding hydrogens is 694 g/mol. The fourth-order valence-electron chi connectivity index (χ4n) is 4.80. The molecule has 2 aromatic carbocycles. The largest absolute Gasteiger partial charge is 0.485 e. The molecule has 21 heteroatoms. The van der Waals surface area contributed by atoms with Gasteiger partial charge >= 0.3 is 34.4 Å². The average molecular weight is 726 g/mol. The van der Waals surface area contributed by atoms with Crippen LogP contribution in [0.5, 0.6) is 11.5 Å². The van der Waals surface area contributed by atoms with E-state index in [-0.39, 0.29) is 53.5 Å². The maximum atomic E-state index is 13.5. The van der Waals surface area contributed by atoms with Crippen LogP contribution in [0.4, 0.5) is 19.2 Å². The smallest absolute Gasteiger partial charge is 0.405 e. The van der Waals surface area contributed by atoms with Crippen molar-refractivity contribution in [3.05, 3.63) is 89.2 Å². The number of hydrazine groups is 1. The lowest BCUT2D eigenvalue weighted by Crippen LogP contribution is -2.67. The number of ether oxygens (including phenoxy) is 2. The summed E-state index contributed by atoms with van der Waals surface area (Å²) in [4.78, 5) is 78.1. The Morgan fingerprint density at radius 1 is 0.941 bits per heavy atom. The Hall–Kier alpha value is -6.64. The predicted molar refractivity (Wildman–Crippen MR) is 173 cm³/mol. The highest BCUT2D eigenvalue weighted by Crippen LogP contribution is 2.33. The number of nitrogens with two attached hydrogens (primary N) is 1. The van der Waals surface area contributed by atoms with Crippen molar-refractivity contribution in [2.45, 2.75) is 25.8 Å². The van der Waals surface area contributed by atoms with Crippen molar-refractivity contribution in [3.8, 4) is 11.5 Å². The Morgan fingerprint density at radius 2 is 1.57 bits per heavy atom. The second kappa shape index (κ2) is 15.3. The number of urea groups is 3. The maximum Gasteiger partial charge on any atom is 0.405 e. The number of carboxylic acid groups (broad SMARTS) is 1. The summed E-state index contributed by atoms with van der Waals surface area (Å²) in [6, 6.07) is 14.6. The van der Waals surface area contributed by atoms with E-state index in [2.05, 4.69) is 15.7 Å². The number of aromatic nitrogens is 1. The van der Waals surface area contributed by atoms with Gasteiger partial charge in [-0.05, 0) is 11.1 Å². The summed E-state index contributed by atoms with van der Waals surface area (Å²) in [7, 11) is -4.87. The van der Waals surface area contributed by atoms with E-state index in [0.717, 1.165) is 11.1 Å². The minimum absolute atomic E-state index is 0.0409. The highest BCUT2D eigenvalue weighted by Gasteiger charge is 2.45. The summed E-state index contributed by atoms with van der Waals surface area (Å²) in [6.45, 7) is -1.47. The van der Waals surface area contributed by atoms with E-state index < -0.39 is 65.3 Å². The minimum Gasteiger partial charge on any atom is -0.485 e. The zero-order chi connectivity index (χ0) is 36.7. The number of benzene rings is 2. The lowest BCUT2D eigenvalue weighted by molar-refractivity contribution is -0.139. The van der Waals surface area contributed by atoms with Crippen LogP contribution in [-0.4, -0.2) is 94.4 Å². The fourth-order valence-corrected chi connectivity index (χ4v) is 5.87. The van der Waals surface area contributed by atoms with E-state index in [1.807, 2.05) is 53.8 Å². The van der Waals surface area contributed by atoms with Crippen LogP contribution in [0.15, 0.2) is 66.7 Å². The Morgan fingerprint density at radius 3 is 2.16 bits per heavy atom. The zero-order valence-corrected chi connectivity index (χ0v) is 27.3. The van der Waals surface area contributed by atoms with Gasteiger partial charge in [0.2, 0.25) is 0 Å². The van der Waals surface area contributed by atoms with Gasteiger partial charge in [0.25, 0.3) is 11.8 Å². The standard InChI is InChI=1S/C30H31N9O11S/c31-27(42)32-14-21-24(50-17-19-9-5-2-6-10-19)23(49-16-18-7-3-1-4-8-18)13-20(33-21)25(40)35-38-11-12-39(30(38)46)51(47,48)36-28(43)37-15-22(26(37)41)34-29(44)45/h1-10,13,22,34H,11-12,14-17H2,(H,35,40)(H,36,43)(H,44,45)(H3,31,32,42). The normalized spacial score (nSPS) is 15.5. The number of hydrogen-bond acceptors (Lipinski definition) is 11.